The first kappa shape index (κ1) is 17.2. The second-order valence-corrected chi connectivity index (χ2v) is 5.11. The van der Waals surface area contributed by atoms with Gasteiger partial charge in [0, 0.05) is 24.2 Å². The number of nitrogens with zero attached hydrogens (tertiary/aromatic N) is 1. The van der Waals surface area contributed by atoms with Crippen molar-refractivity contribution in [1.82, 2.24) is 9.55 Å². The summed E-state index contributed by atoms with van der Waals surface area (Å²) in [4.78, 5) is 36.4. The number of carbonyl (C=O) groups excluding carboxylic acids is 1. The van der Waals surface area contributed by atoms with Gasteiger partial charge in [0.25, 0.3) is 5.56 Å². The Morgan fingerprint density at radius 1 is 1.14 bits per heavy atom. The zero-order valence-corrected chi connectivity index (χ0v) is 13.0. The van der Waals surface area contributed by atoms with Crippen LogP contribution in [0.25, 0.3) is 0 Å². The largest absolute Gasteiger partial charge is 0.466 e. The summed E-state index contributed by atoms with van der Waals surface area (Å²) >= 11 is 0. The molecule has 0 unspecified atom stereocenters. The van der Waals surface area contributed by atoms with Gasteiger partial charge in [-0.1, -0.05) is 13.3 Å². The van der Waals surface area contributed by atoms with E-state index in [1.54, 1.807) is 25.3 Å². The maximum Gasteiger partial charge on any atom is 0.328 e. The molecule has 1 aromatic heterocycles. The summed E-state index contributed by atoms with van der Waals surface area (Å²) < 4.78 is 6.59. The Balaban J connectivity index is 2.34. The Bertz CT molecular complexity index is 586. The molecule has 1 aromatic rings. The number of H-pyrrole nitrogens is 1. The molecule has 0 aliphatic carbocycles. The molecular formula is C15H24N2O4. The molecule has 0 saturated carbocycles. The van der Waals surface area contributed by atoms with Crippen LogP contribution in [0.4, 0.5) is 0 Å². The molecule has 0 aliphatic rings. The van der Waals surface area contributed by atoms with Crippen molar-refractivity contribution in [2.24, 2.45) is 0 Å². The highest BCUT2D eigenvalue weighted by Gasteiger charge is 2.06. The number of esters is 1. The fourth-order valence-corrected chi connectivity index (χ4v) is 2.06. The average Bonchev–Trinajstić information content (AvgIpc) is 2.46. The summed E-state index contributed by atoms with van der Waals surface area (Å²) in [5, 5.41) is 0. The van der Waals surface area contributed by atoms with Crippen molar-refractivity contribution in [3.63, 3.8) is 0 Å². The van der Waals surface area contributed by atoms with Crippen molar-refractivity contribution < 1.29 is 9.53 Å². The molecule has 1 N–H and O–H groups in total. The van der Waals surface area contributed by atoms with Gasteiger partial charge in [0.2, 0.25) is 0 Å². The molecule has 6 heteroatoms. The first-order chi connectivity index (χ1) is 9.97. The van der Waals surface area contributed by atoms with E-state index in [-0.39, 0.29) is 17.2 Å². The number of aromatic nitrogens is 2. The van der Waals surface area contributed by atoms with Gasteiger partial charge >= 0.3 is 11.7 Å². The molecule has 0 saturated heterocycles. The predicted octanol–water partition coefficient (Wildman–Crippen LogP) is 1.67. The molecule has 0 atom stereocenters. The normalized spacial score (nSPS) is 10.6. The van der Waals surface area contributed by atoms with Crippen LogP contribution in [0.15, 0.2) is 9.59 Å². The van der Waals surface area contributed by atoms with Gasteiger partial charge in [-0.3, -0.25) is 19.1 Å². The Labute approximate surface area is 124 Å². The first-order valence-electron chi connectivity index (χ1n) is 7.43. The van der Waals surface area contributed by atoms with E-state index >= 15 is 0 Å². The highest BCUT2D eigenvalue weighted by atomic mass is 16.5. The molecule has 21 heavy (non-hydrogen) atoms. The van der Waals surface area contributed by atoms with E-state index in [0.29, 0.717) is 25.1 Å². The van der Waals surface area contributed by atoms with Crippen molar-refractivity contribution in [2.45, 2.75) is 59.4 Å². The fourth-order valence-electron chi connectivity index (χ4n) is 2.06. The maximum atomic E-state index is 11.7. The van der Waals surface area contributed by atoms with E-state index in [2.05, 4.69) is 4.98 Å². The summed E-state index contributed by atoms with van der Waals surface area (Å²) in [5.74, 6) is -0.166. The summed E-state index contributed by atoms with van der Waals surface area (Å²) in [6.07, 6.45) is 4.01. The molecule has 0 amide bonds. The highest BCUT2D eigenvalue weighted by Crippen LogP contribution is 2.04. The minimum atomic E-state index is -0.347. The number of aromatic amines is 1. The van der Waals surface area contributed by atoms with Crippen molar-refractivity contribution in [3.8, 4) is 0 Å². The Morgan fingerprint density at radius 3 is 2.48 bits per heavy atom. The Kier molecular flexibility index (Phi) is 6.91. The second kappa shape index (κ2) is 8.44. The number of hydrogen-bond donors (Lipinski definition) is 1. The number of nitrogens with one attached hydrogen (secondary N) is 1. The highest BCUT2D eigenvalue weighted by molar-refractivity contribution is 5.68. The summed E-state index contributed by atoms with van der Waals surface area (Å²) in [7, 11) is 0. The smallest absolute Gasteiger partial charge is 0.328 e. The zero-order valence-electron chi connectivity index (χ0n) is 13.0. The third kappa shape index (κ3) is 5.21. The topological polar surface area (TPSA) is 81.2 Å². The lowest BCUT2D eigenvalue weighted by Crippen LogP contribution is -2.33. The van der Waals surface area contributed by atoms with Gasteiger partial charge in [-0.2, -0.15) is 0 Å². The molecular weight excluding hydrogens is 272 g/mol. The van der Waals surface area contributed by atoms with Crippen LogP contribution in [0.2, 0.25) is 0 Å². The van der Waals surface area contributed by atoms with Gasteiger partial charge in [0.1, 0.15) is 0 Å². The standard InChI is InChI=1S/C15H24N2O4/c1-4-13(18)21-10-8-6-5-7-9-17-12(3)11(2)14(19)16-15(17)20/h4-10H2,1-3H3,(H,16,19,20). The van der Waals surface area contributed by atoms with Crippen molar-refractivity contribution in [3.05, 3.63) is 32.1 Å². The van der Waals surface area contributed by atoms with Crippen LogP contribution < -0.4 is 11.2 Å². The van der Waals surface area contributed by atoms with E-state index < -0.39 is 0 Å². The fraction of sp³-hybridized carbons (Fsp3) is 0.667. The lowest BCUT2D eigenvalue weighted by Gasteiger charge is -2.10. The van der Waals surface area contributed by atoms with Crippen LogP contribution in [0.3, 0.4) is 0 Å². The minimum absolute atomic E-state index is 0.166. The third-order valence-electron chi connectivity index (χ3n) is 3.58. The predicted molar refractivity (Wildman–Crippen MR) is 80.5 cm³/mol. The van der Waals surface area contributed by atoms with Crippen molar-refractivity contribution >= 4 is 5.97 Å². The molecule has 0 fully saturated rings. The quantitative estimate of drug-likeness (QED) is 0.584. The summed E-state index contributed by atoms with van der Waals surface area (Å²) in [6, 6.07) is 0. The van der Waals surface area contributed by atoms with Crippen LogP contribution in [0.1, 0.15) is 50.3 Å². The van der Waals surface area contributed by atoms with Crippen LogP contribution >= 0.6 is 0 Å². The number of unbranched alkanes of at least 4 members (excludes halogenated alkanes) is 3. The lowest BCUT2D eigenvalue weighted by atomic mass is 10.2. The van der Waals surface area contributed by atoms with Gasteiger partial charge < -0.3 is 4.74 Å². The van der Waals surface area contributed by atoms with E-state index in [1.165, 1.54) is 0 Å². The van der Waals surface area contributed by atoms with E-state index in [1.807, 2.05) is 0 Å². The molecule has 0 spiro atoms. The molecule has 0 bridgehead atoms. The summed E-state index contributed by atoms with van der Waals surface area (Å²) in [5.41, 5.74) is 0.646. The van der Waals surface area contributed by atoms with Crippen LogP contribution in [0, 0.1) is 13.8 Å². The van der Waals surface area contributed by atoms with Crippen molar-refractivity contribution in [1.29, 1.82) is 0 Å². The average molecular weight is 296 g/mol. The lowest BCUT2D eigenvalue weighted by molar-refractivity contribution is -0.143. The van der Waals surface area contributed by atoms with Crippen LogP contribution in [-0.2, 0) is 16.1 Å². The van der Waals surface area contributed by atoms with E-state index in [9.17, 15) is 14.4 Å². The van der Waals surface area contributed by atoms with Crippen LogP contribution in [0.5, 0.6) is 0 Å². The third-order valence-corrected chi connectivity index (χ3v) is 3.58. The maximum absolute atomic E-state index is 11.7. The van der Waals surface area contributed by atoms with Gasteiger partial charge in [-0.05, 0) is 33.1 Å². The second-order valence-electron chi connectivity index (χ2n) is 5.11. The molecule has 1 heterocycles. The number of carbonyl (C=O) groups is 1. The number of ether oxygens (including phenoxy) is 1. The van der Waals surface area contributed by atoms with Crippen molar-refractivity contribution in [2.75, 3.05) is 6.61 Å². The SMILES string of the molecule is CCC(=O)OCCCCCCn1c(C)c(C)c(=O)[nH]c1=O. The van der Waals surface area contributed by atoms with Crippen LogP contribution in [-0.4, -0.2) is 22.1 Å². The monoisotopic (exact) mass is 296 g/mol. The molecule has 0 aromatic carbocycles. The number of hydrogen-bond acceptors (Lipinski definition) is 4. The molecule has 118 valence electrons. The van der Waals surface area contributed by atoms with E-state index in [4.69, 9.17) is 4.74 Å². The van der Waals surface area contributed by atoms with Gasteiger partial charge in [-0.25, -0.2) is 4.79 Å². The number of rotatable bonds is 8. The Hall–Kier alpha value is -1.85. The Morgan fingerprint density at radius 2 is 1.81 bits per heavy atom. The molecule has 0 aliphatic heterocycles. The molecule has 0 radical (unpaired) electrons. The molecule has 1 rings (SSSR count). The first-order valence-corrected chi connectivity index (χ1v) is 7.43. The zero-order chi connectivity index (χ0) is 15.8. The summed E-state index contributed by atoms with van der Waals surface area (Å²) in [6.45, 7) is 6.33. The molecule has 6 nitrogen and oxygen atoms in total. The van der Waals surface area contributed by atoms with Gasteiger partial charge in [-0.15, -0.1) is 0 Å². The van der Waals surface area contributed by atoms with Gasteiger partial charge in [0.15, 0.2) is 0 Å². The minimum Gasteiger partial charge on any atom is -0.466 e. The van der Waals surface area contributed by atoms with E-state index in [0.717, 1.165) is 31.4 Å². The van der Waals surface area contributed by atoms with Gasteiger partial charge in [0.05, 0.1) is 6.61 Å².